The van der Waals surface area contributed by atoms with Gasteiger partial charge in [0.15, 0.2) is 0 Å². The number of nitriles is 2. The first-order valence-corrected chi connectivity index (χ1v) is 8.33. The molecule has 0 aliphatic carbocycles. The van der Waals surface area contributed by atoms with Crippen molar-refractivity contribution in [2.75, 3.05) is 5.73 Å². The van der Waals surface area contributed by atoms with Gasteiger partial charge in [-0.15, -0.1) is 0 Å². The van der Waals surface area contributed by atoms with Crippen LogP contribution in [-0.2, 0) is 0 Å². The van der Waals surface area contributed by atoms with Gasteiger partial charge in [-0.1, -0.05) is 48.0 Å². The summed E-state index contributed by atoms with van der Waals surface area (Å²) in [6.45, 7) is 3.86. The van der Waals surface area contributed by atoms with Gasteiger partial charge in [-0.05, 0) is 31.5 Å². The first-order chi connectivity index (χ1) is 12.6. The summed E-state index contributed by atoms with van der Waals surface area (Å²) in [5, 5.41) is 23.6. The van der Waals surface area contributed by atoms with Gasteiger partial charge in [0.05, 0.1) is 23.5 Å². The average Bonchev–Trinajstić information content (AvgIpc) is 2.96. The Morgan fingerprint density at radius 2 is 1.58 bits per heavy atom. The van der Waals surface area contributed by atoms with Crippen LogP contribution in [0.2, 0.25) is 0 Å². The molecule has 5 heteroatoms. The van der Waals surface area contributed by atoms with E-state index in [9.17, 15) is 10.5 Å². The lowest BCUT2D eigenvalue weighted by Crippen LogP contribution is -2.14. The highest BCUT2D eigenvalue weighted by atomic mass is 15.3. The fraction of sp³-hybridized carbons (Fsp3) is 0.190. The maximum atomic E-state index is 9.54. The van der Waals surface area contributed by atoms with Crippen LogP contribution in [0.25, 0.3) is 5.69 Å². The van der Waals surface area contributed by atoms with Crippen molar-refractivity contribution in [3.05, 3.63) is 77.0 Å². The van der Waals surface area contributed by atoms with Crippen LogP contribution in [0.5, 0.6) is 0 Å². The maximum absolute atomic E-state index is 9.54. The number of nitrogens with two attached hydrogens (primary N) is 1. The lowest BCUT2D eigenvalue weighted by molar-refractivity contribution is 0.706. The Bertz CT molecular complexity index is 974. The van der Waals surface area contributed by atoms with Crippen molar-refractivity contribution in [2.24, 2.45) is 5.92 Å². The number of hydrogen-bond donors (Lipinski definition) is 1. The van der Waals surface area contributed by atoms with Crippen molar-refractivity contribution >= 4 is 5.82 Å². The SMILES string of the molecule is Cc1ccc(C(c2c(C)nn(-c3ccccc3)c2N)C(C#N)C#N)cc1. The van der Waals surface area contributed by atoms with Crippen molar-refractivity contribution in [1.82, 2.24) is 9.78 Å². The Hall–Kier alpha value is -3.57. The fourth-order valence-electron chi connectivity index (χ4n) is 3.19. The number of hydrogen-bond acceptors (Lipinski definition) is 4. The molecule has 3 rings (SSSR count). The largest absolute Gasteiger partial charge is 0.383 e. The second kappa shape index (κ2) is 7.13. The van der Waals surface area contributed by atoms with Gasteiger partial charge in [0.1, 0.15) is 11.7 Å². The molecular weight excluding hydrogens is 322 g/mol. The molecule has 0 bridgehead atoms. The molecule has 0 saturated carbocycles. The predicted octanol–water partition coefficient (Wildman–Crippen LogP) is 3.87. The molecule has 0 amide bonds. The van der Waals surface area contributed by atoms with Crippen molar-refractivity contribution in [1.29, 1.82) is 10.5 Å². The predicted molar refractivity (Wildman–Crippen MR) is 100 cm³/mol. The quantitative estimate of drug-likeness (QED) is 0.780. The van der Waals surface area contributed by atoms with Gasteiger partial charge in [-0.3, -0.25) is 0 Å². The van der Waals surface area contributed by atoms with E-state index in [1.54, 1.807) is 4.68 Å². The van der Waals surface area contributed by atoms with Crippen LogP contribution in [0.15, 0.2) is 54.6 Å². The Morgan fingerprint density at radius 3 is 2.15 bits per heavy atom. The van der Waals surface area contributed by atoms with E-state index in [2.05, 4.69) is 17.2 Å². The van der Waals surface area contributed by atoms with E-state index in [1.807, 2.05) is 68.4 Å². The zero-order valence-electron chi connectivity index (χ0n) is 14.7. The number of anilines is 1. The fourth-order valence-corrected chi connectivity index (χ4v) is 3.19. The molecule has 1 atom stereocenters. The zero-order chi connectivity index (χ0) is 18.7. The first kappa shape index (κ1) is 17.3. The summed E-state index contributed by atoms with van der Waals surface area (Å²) in [5.74, 6) is -0.857. The van der Waals surface area contributed by atoms with Crippen molar-refractivity contribution in [3.8, 4) is 17.8 Å². The van der Waals surface area contributed by atoms with Crippen LogP contribution in [-0.4, -0.2) is 9.78 Å². The number of benzene rings is 2. The number of nitrogens with zero attached hydrogens (tertiary/aromatic N) is 4. The normalized spacial score (nSPS) is 11.7. The van der Waals surface area contributed by atoms with Gasteiger partial charge in [-0.2, -0.15) is 15.6 Å². The summed E-state index contributed by atoms with van der Waals surface area (Å²) < 4.78 is 1.66. The molecule has 2 N–H and O–H groups in total. The van der Waals surface area contributed by atoms with Crippen LogP contribution in [0.1, 0.15) is 28.3 Å². The minimum Gasteiger partial charge on any atom is -0.383 e. The van der Waals surface area contributed by atoms with Gasteiger partial charge in [-0.25, -0.2) is 4.68 Å². The molecule has 0 aliphatic heterocycles. The van der Waals surface area contributed by atoms with E-state index >= 15 is 0 Å². The van der Waals surface area contributed by atoms with E-state index in [-0.39, 0.29) is 0 Å². The number of aryl methyl sites for hydroxylation is 2. The molecule has 0 radical (unpaired) electrons. The number of aromatic nitrogens is 2. The third-order valence-electron chi connectivity index (χ3n) is 4.50. The summed E-state index contributed by atoms with van der Waals surface area (Å²) in [4.78, 5) is 0. The molecule has 2 aromatic carbocycles. The van der Waals surface area contributed by atoms with Crippen LogP contribution in [0.4, 0.5) is 5.82 Å². The molecule has 3 aromatic rings. The summed E-state index contributed by atoms with van der Waals surface area (Å²) in [6.07, 6.45) is 0. The Morgan fingerprint density at radius 1 is 0.962 bits per heavy atom. The van der Waals surface area contributed by atoms with Crippen molar-refractivity contribution < 1.29 is 0 Å². The monoisotopic (exact) mass is 341 g/mol. The number of para-hydroxylation sites is 1. The molecule has 0 aliphatic rings. The molecular formula is C21H19N5. The highest BCUT2D eigenvalue weighted by Gasteiger charge is 2.31. The number of nitrogen functional groups attached to an aromatic ring is 1. The van der Waals surface area contributed by atoms with Gasteiger partial charge in [0.25, 0.3) is 0 Å². The third-order valence-corrected chi connectivity index (χ3v) is 4.50. The highest BCUT2D eigenvalue weighted by Crippen LogP contribution is 2.38. The van der Waals surface area contributed by atoms with Gasteiger partial charge in [0.2, 0.25) is 0 Å². The van der Waals surface area contributed by atoms with Crippen LogP contribution >= 0.6 is 0 Å². The molecule has 1 heterocycles. The summed E-state index contributed by atoms with van der Waals surface area (Å²) in [6, 6.07) is 21.6. The molecule has 1 unspecified atom stereocenters. The summed E-state index contributed by atoms with van der Waals surface area (Å²) in [5.41, 5.74) is 10.7. The molecule has 1 aromatic heterocycles. The van der Waals surface area contributed by atoms with Crippen LogP contribution in [0, 0.1) is 42.4 Å². The molecule has 0 saturated heterocycles. The highest BCUT2D eigenvalue weighted by molar-refractivity contribution is 5.55. The first-order valence-electron chi connectivity index (χ1n) is 8.33. The van der Waals surface area contributed by atoms with E-state index in [1.165, 1.54) is 0 Å². The molecule has 0 fully saturated rings. The van der Waals surface area contributed by atoms with E-state index in [0.717, 1.165) is 22.4 Å². The van der Waals surface area contributed by atoms with Crippen molar-refractivity contribution in [3.63, 3.8) is 0 Å². The minimum absolute atomic E-state index is 0.453. The van der Waals surface area contributed by atoms with Gasteiger partial charge in [0, 0.05) is 11.5 Å². The standard InChI is InChI=1S/C21H19N5/c1-14-8-10-16(11-9-14)20(17(12-22)13-23)19-15(2)25-26(21(19)24)18-6-4-3-5-7-18/h3-11,17,20H,24H2,1-2H3. The lowest BCUT2D eigenvalue weighted by atomic mass is 9.81. The molecule has 5 nitrogen and oxygen atoms in total. The molecule has 26 heavy (non-hydrogen) atoms. The molecule has 0 spiro atoms. The van der Waals surface area contributed by atoms with Crippen molar-refractivity contribution in [2.45, 2.75) is 19.8 Å². The van der Waals surface area contributed by atoms with E-state index in [4.69, 9.17) is 5.73 Å². The Kier molecular flexibility index (Phi) is 4.73. The zero-order valence-corrected chi connectivity index (χ0v) is 14.7. The average molecular weight is 341 g/mol. The minimum atomic E-state index is -0.855. The lowest BCUT2D eigenvalue weighted by Gasteiger charge is -2.19. The Balaban J connectivity index is 2.20. The van der Waals surface area contributed by atoms with Gasteiger partial charge < -0.3 is 5.73 Å². The summed E-state index contributed by atoms with van der Waals surface area (Å²) >= 11 is 0. The second-order valence-electron chi connectivity index (χ2n) is 6.26. The third kappa shape index (κ3) is 3.03. The van der Waals surface area contributed by atoms with Gasteiger partial charge >= 0.3 is 0 Å². The number of rotatable bonds is 4. The van der Waals surface area contributed by atoms with E-state index in [0.29, 0.717) is 11.5 Å². The van der Waals surface area contributed by atoms with E-state index < -0.39 is 11.8 Å². The Labute approximate surface area is 152 Å². The maximum Gasteiger partial charge on any atom is 0.144 e. The summed E-state index contributed by atoms with van der Waals surface area (Å²) in [7, 11) is 0. The topological polar surface area (TPSA) is 91.4 Å². The molecule has 128 valence electrons. The van der Waals surface area contributed by atoms with Crippen LogP contribution in [0.3, 0.4) is 0 Å². The smallest absolute Gasteiger partial charge is 0.144 e. The van der Waals surface area contributed by atoms with Crippen LogP contribution < -0.4 is 5.73 Å². The second-order valence-corrected chi connectivity index (χ2v) is 6.26.